The number of hydrogen-bond acceptors (Lipinski definition) is 4. The van der Waals surface area contributed by atoms with Gasteiger partial charge in [-0.05, 0) is 37.8 Å². The predicted molar refractivity (Wildman–Crippen MR) is 105 cm³/mol. The molecule has 1 aliphatic carbocycles. The summed E-state index contributed by atoms with van der Waals surface area (Å²) in [4.78, 5) is 0. The Bertz CT molecular complexity index is 515. The summed E-state index contributed by atoms with van der Waals surface area (Å²) in [5, 5.41) is 2.97. The number of anilines is 1. The monoisotopic (exact) mass is 367 g/mol. The van der Waals surface area contributed by atoms with E-state index in [4.69, 9.17) is 9.05 Å². The summed E-state index contributed by atoms with van der Waals surface area (Å²) in [5.41, 5.74) is 0.989. The molecule has 1 N–H and O–H groups in total. The highest BCUT2D eigenvalue weighted by Gasteiger charge is 2.51. The van der Waals surface area contributed by atoms with Crippen molar-refractivity contribution in [2.24, 2.45) is 0 Å². The molecule has 0 aromatic heterocycles. The van der Waals surface area contributed by atoms with E-state index in [0.717, 1.165) is 57.1 Å². The number of hydrogen-bond donors (Lipinski definition) is 1. The average Bonchev–Trinajstić information content (AvgIpc) is 2.64. The highest BCUT2D eigenvalue weighted by atomic mass is 31.2. The van der Waals surface area contributed by atoms with Crippen LogP contribution in [0.1, 0.15) is 71.6 Å². The van der Waals surface area contributed by atoms with Gasteiger partial charge in [-0.15, -0.1) is 0 Å². The van der Waals surface area contributed by atoms with Gasteiger partial charge in [0.1, 0.15) is 5.28 Å². The van der Waals surface area contributed by atoms with E-state index in [-0.39, 0.29) is 0 Å². The Hall–Kier alpha value is -0.830. The standard InChI is InChI=1S/C20H34NO3P/c1-3-5-17-23-25(22,24-18-6-4-2)20(15-11-8-12-16-20)21-19-13-9-7-10-14-19/h7,9-10,13-14,21H,3-6,8,11-12,15-18H2,1-2H3. The summed E-state index contributed by atoms with van der Waals surface area (Å²) in [6.07, 6.45) is 8.81. The van der Waals surface area contributed by atoms with Crippen LogP contribution >= 0.6 is 7.60 Å². The Morgan fingerprint density at radius 2 is 1.52 bits per heavy atom. The molecule has 2 rings (SSSR count). The predicted octanol–water partition coefficient (Wildman–Crippen LogP) is 6.59. The molecule has 0 aliphatic heterocycles. The van der Waals surface area contributed by atoms with Gasteiger partial charge in [0.15, 0.2) is 0 Å². The summed E-state index contributed by atoms with van der Waals surface area (Å²) in [6, 6.07) is 10.0. The molecular formula is C20H34NO3P. The fraction of sp³-hybridized carbons (Fsp3) is 0.700. The van der Waals surface area contributed by atoms with Crippen molar-refractivity contribution in [3.8, 4) is 0 Å². The molecule has 0 heterocycles. The van der Waals surface area contributed by atoms with Crippen LogP contribution in [-0.2, 0) is 13.6 Å². The normalized spacial score (nSPS) is 17.4. The van der Waals surface area contributed by atoms with Gasteiger partial charge in [0.05, 0.1) is 13.2 Å². The summed E-state index contributed by atoms with van der Waals surface area (Å²) >= 11 is 0. The Kier molecular flexibility index (Phi) is 8.48. The molecule has 0 radical (unpaired) electrons. The molecule has 0 spiro atoms. The van der Waals surface area contributed by atoms with Crippen molar-refractivity contribution in [1.82, 2.24) is 0 Å². The van der Waals surface area contributed by atoms with Crippen molar-refractivity contribution in [2.45, 2.75) is 76.9 Å². The third-order valence-corrected chi connectivity index (χ3v) is 7.53. The van der Waals surface area contributed by atoms with Crippen LogP contribution in [0.25, 0.3) is 0 Å². The van der Waals surface area contributed by atoms with Crippen LogP contribution in [-0.4, -0.2) is 18.5 Å². The maximum absolute atomic E-state index is 13.9. The molecule has 0 bridgehead atoms. The molecule has 0 atom stereocenters. The minimum atomic E-state index is -3.26. The molecule has 1 saturated carbocycles. The largest absolute Gasteiger partial charge is 0.369 e. The van der Waals surface area contributed by atoms with Crippen LogP contribution in [0.2, 0.25) is 0 Å². The quantitative estimate of drug-likeness (QED) is 0.354. The fourth-order valence-corrected chi connectivity index (χ4v) is 5.77. The van der Waals surface area contributed by atoms with Crippen molar-refractivity contribution >= 4 is 13.3 Å². The maximum atomic E-state index is 13.9. The Morgan fingerprint density at radius 3 is 2.04 bits per heavy atom. The summed E-state index contributed by atoms with van der Waals surface area (Å²) < 4.78 is 25.9. The lowest BCUT2D eigenvalue weighted by Gasteiger charge is -2.43. The molecule has 1 fully saturated rings. The van der Waals surface area contributed by atoms with Crippen LogP contribution in [0.3, 0.4) is 0 Å². The van der Waals surface area contributed by atoms with Crippen molar-refractivity contribution in [3.05, 3.63) is 30.3 Å². The smallest absolute Gasteiger partial charge is 0.355 e. The number of nitrogens with one attached hydrogen (secondary N) is 1. The molecule has 142 valence electrons. The van der Waals surface area contributed by atoms with Gasteiger partial charge >= 0.3 is 7.60 Å². The first-order valence-corrected chi connectivity index (χ1v) is 11.4. The summed E-state index contributed by atoms with van der Waals surface area (Å²) in [7, 11) is -3.26. The van der Waals surface area contributed by atoms with E-state index in [1.165, 1.54) is 6.42 Å². The third kappa shape index (κ3) is 5.57. The zero-order chi connectivity index (χ0) is 18.0. The van der Waals surface area contributed by atoms with Crippen LogP contribution in [0.4, 0.5) is 5.69 Å². The van der Waals surface area contributed by atoms with Crippen molar-refractivity contribution < 1.29 is 13.6 Å². The Morgan fingerprint density at radius 1 is 0.960 bits per heavy atom. The molecule has 4 nitrogen and oxygen atoms in total. The molecule has 0 unspecified atom stereocenters. The zero-order valence-corrected chi connectivity index (χ0v) is 16.7. The van der Waals surface area contributed by atoms with Gasteiger partial charge in [0.25, 0.3) is 0 Å². The minimum Gasteiger partial charge on any atom is -0.369 e. The molecule has 5 heteroatoms. The van der Waals surface area contributed by atoms with E-state index in [1.54, 1.807) is 0 Å². The van der Waals surface area contributed by atoms with E-state index in [2.05, 4.69) is 19.2 Å². The Labute approximate surface area is 153 Å². The van der Waals surface area contributed by atoms with Gasteiger partial charge in [0.2, 0.25) is 0 Å². The van der Waals surface area contributed by atoms with Gasteiger partial charge in [0, 0.05) is 5.69 Å². The van der Waals surface area contributed by atoms with Crippen LogP contribution in [0, 0.1) is 0 Å². The lowest BCUT2D eigenvalue weighted by molar-refractivity contribution is 0.172. The second-order valence-electron chi connectivity index (χ2n) is 6.95. The number of rotatable bonds is 11. The van der Waals surface area contributed by atoms with Crippen molar-refractivity contribution in [3.63, 3.8) is 0 Å². The van der Waals surface area contributed by atoms with E-state index < -0.39 is 12.9 Å². The lowest BCUT2D eigenvalue weighted by Crippen LogP contribution is -2.41. The van der Waals surface area contributed by atoms with Gasteiger partial charge in [-0.25, -0.2) is 0 Å². The highest BCUT2D eigenvalue weighted by molar-refractivity contribution is 7.55. The van der Waals surface area contributed by atoms with E-state index in [0.29, 0.717) is 13.2 Å². The molecule has 0 amide bonds. The van der Waals surface area contributed by atoms with Gasteiger partial charge in [-0.1, -0.05) is 64.2 Å². The van der Waals surface area contributed by atoms with E-state index in [1.807, 2.05) is 30.3 Å². The maximum Gasteiger partial charge on any atom is 0.355 e. The van der Waals surface area contributed by atoms with Crippen molar-refractivity contribution in [1.29, 1.82) is 0 Å². The topological polar surface area (TPSA) is 47.6 Å². The summed E-state index contributed by atoms with van der Waals surface area (Å²) in [5.74, 6) is 0. The van der Waals surface area contributed by atoms with Gasteiger partial charge in [-0.2, -0.15) is 0 Å². The SMILES string of the molecule is CCCCOP(=O)(OCCCC)C1(Nc2ccccc2)CCCCC1. The first-order chi connectivity index (χ1) is 12.2. The number of unbranched alkanes of at least 4 members (excludes halogenated alkanes) is 2. The number of para-hydroxylation sites is 1. The molecular weight excluding hydrogens is 333 g/mol. The van der Waals surface area contributed by atoms with E-state index >= 15 is 0 Å². The second-order valence-corrected chi connectivity index (χ2v) is 9.32. The lowest BCUT2D eigenvalue weighted by atomic mass is 9.94. The molecule has 1 aromatic rings. The first-order valence-electron chi connectivity index (χ1n) is 9.88. The fourth-order valence-electron chi connectivity index (χ4n) is 3.34. The molecule has 0 saturated heterocycles. The molecule has 25 heavy (non-hydrogen) atoms. The first kappa shape index (κ1) is 20.5. The van der Waals surface area contributed by atoms with Crippen LogP contribution < -0.4 is 5.32 Å². The average molecular weight is 367 g/mol. The van der Waals surface area contributed by atoms with Crippen LogP contribution in [0.15, 0.2) is 30.3 Å². The van der Waals surface area contributed by atoms with Gasteiger partial charge < -0.3 is 14.4 Å². The molecule has 1 aliphatic rings. The van der Waals surface area contributed by atoms with Crippen molar-refractivity contribution in [2.75, 3.05) is 18.5 Å². The second kappa shape index (κ2) is 10.4. The van der Waals surface area contributed by atoms with Crippen LogP contribution in [0.5, 0.6) is 0 Å². The summed E-state index contributed by atoms with van der Waals surface area (Å²) in [6.45, 7) is 5.23. The highest BCUT2D eigenvalue weighted by Crippen LogP contribution is 2.65. The van der Waals surface area contributed by atoms with E-state index in [9.17, 15) is 4.57 Å². The van der Waals surface area contributed by atoms with Gasteiger partial charge in [-0.3, -0.25) is 4.57 Å². The number of benzene rings is 1. The molecule has 1 aromatic carbocycles. The Balaban J connectivity index is 2.25. The minimum absolute atomic E-state index is 0.498. The third-order valence-electron chi connectivity index (χ3n) is 4.87. The zero-order valence-electron chi connectivity index (χ0n) is 15.8.